The van der Waals surface area contributed by atoms with Gasteiger partial charge in [0.25, 0.3) is 0 Å². The summed E-state index contributed by atoms with van der Waals surface area (Å²) in [5, 5.41) is 11.8. The molecule has 0 bridgehead atoms. The number of hydrogen-bond acceptors (Lipinski definition) is 3. The molecule has 0 radical (unpaired) electrons. The summed E-state index contributed by atoms with van der Waals surface area (Å²) in [6.07, 6.45) is -0.130. The smallest absolute Gasteiger partial charge is 0.305 e. The van der Waals surface area contributed by atoms with Crippen molar-refractivity contribution in [3.8, 4) is 5.75 Å². The summed E-state index contributed by atoms with van der Waals surface area (Å²) in [6.45, 7) is 1.71. The molecule has 1 atom stereocenters. The van der Waals surface area contributed by atoms with Gasteiger partial charge in [-0.2, -0.15) is 0 Å². The Morgan fingerprint density at radius 1 is 1.59 bits per heavy atom. The van der Waals surface area contributed by atoms with E-state index >= 15 is 0 Å². The monoisotopic (exact) mass is 241 g/mol. The molecule has 1 aromatic carbocycles. The van der Waals surface area contributed by atoms with Gasteiger partial charge in [-0.1, -0.05) is 6.07 Å². The van der Waals surface area contributed by atoms with Gasteiger partial charge in [0, 0.05) is 0 Å². The summed E-state index contributed by atoms with van der Waals surface area (Å²) in [4.78, 5) is 10.8. The molecule has 5 heteroatoms. The van der Waals surface area contributed by atoms with E-state index in [4.69, 9.17) is 9.84 Å². The Morgan fingerprint density at radius 2 is 2.24 bits per heavy atom. The number of carbonyl (C=O) groups is 1. The fourth-order valence-corrected chi connectivity index (χ4v) is 1.65. The van der Waals surface area contributed by atoms with E-state index < -0.39 is 17.3 Å². The van der Waals surface area contributed by atoms with Crippen LogP contribution < -0.4 is 10.1 Å². The Bertz CT molecular complexity index is 422. The first kappa shape index (κ1) is 13.4. The van der Waals surface area contributed by atoms with Crippen molar-refractivity contribution in [3.63, 3.8) is 0 Å². The molecular weight excluding hydrogens is 225 g/mol. The first-order valence-electron chi connectivity index (χ1n) is 5.17. The van der Waals surface area contributed by atoms with Crippen molar-refractivity contribution in [1.29, 1.82) is 0 Å². The van der Waals surface area contributed by atoms with Crippen LogP contribution >= 0.6 is 0 Å². The van der Waals surface area contributed by atoms with Crippen LogP contribution in [-0.4, -0.2) is 25.2 Å². The quantitative estimate of drug-likeness (QED) is 0.824. The highest BCUT2D eigenvalue weighted by atomic mass is 19.1. The van der Waals surface area contributed by atoms with E-state index in [1.807, 2.05) is 0 Å². The molecule has 0 spiro atoms. The third kappa shape index (κ3) is 2.94. The predicted octanol–water partition coefficient (Wildman–Crippen LogP) is 1.74. The Labute approximate surface area is 99.4 Å². The molecule has 0 fully saturated rings. The molecule has 0 saturated carbocycles. The molecule has 2 N–H and O–H groups in total. The van der Waals surface area contributed by atoms with Gasteiger partial charge in [-0.05, 0) is 31.7 Å². The maximum absolute atomic E-state index is 13.6. The van der Waals surface area contributed by atoms with Gasteiger partial charge in [0.1, 0.15) is 0 Å². The maximum atomic E-state index is 13.6. The second-order valence-corrected chi connectivity index (χ2v) is 4.00. The Balaban J connectivity index is 3.12. The summed E-state index contributed by atoms with van der Waals surface area (Å²) in [5.41, 5.74) is -0.237. The number of carboxylic acid groups (broad SMARTS) is 1. The van der Waals surface area contributed by atoms with Crippen molar-refractivity contribution in [2.75, 3.05) is 14.2 Å². The molecule has 0 heterocycles. The highest BCUT2D eigenvalue weighted by molar-refractivity contribution is 5.68. The average molecular weight is 241 g/mol. The molecule has 0 aliphatic heterocycles. The first-order valence-corrected chi connectivity index (χ1v) is 5.17. The molecule has 4 nitrogen and oxygen atoms in total. The van der Waals surface area contributed by atoms with Crippen LogP contribution in [0.2, 0.25) is 0 Å². The molecule has 1 aromatic rings. The van der Waals surface area contributed by atoms with Crippen molar-refractivity contribution < 1.29 is 19.0 Å². The number of halogens is 1. The predicted molar refractivity (Wildman–Crippen MR) is 61.6 cm³/mol. The molecule has 17 heavy (non-hydrogen) atoms. The van der Waals surface area contributed by atoms with Gasteiger partial charge in [0.15, 0.2) is 11.6 Å². The number of hydrogen-bond donors (Lipinski definition) is 2. The van der Waals surface area contributed by atoms with Crippen LogP contribution in [0.4, 0.5) is 4.39 Å². The largest absolute Gasteiger partial charge is 0.494 e. The van der Waals surface area contributed by atoms with Crippen LogP contribution in [0.25, 0.3) is 0 Å². The Hall–Kier alpha value is -1.62. The van der Waals surface area contributed by atoms with Crippen molar-refractivity contribution in [1.82, 2.24) is 5.32 Å². The molecule has 1 rings (SSSR count). The van der Waals surface area contributed by atoms with Gasteiger partial charge in [-0.25, -0.2) is 4.39 Å². The summed E-state index contributed by atoms with van der Waals surface area (Å²) in [7, 11) is 3.03. The SMILES string of the molecule is CNC(C)(CC(=O)O)c1ccc(OC)c(F)c1. The lowest BCUT2D eigenvalue weighted by atomic mass is 9.88. The number of ether oxygens (including phenoxy) is 1. The van der Waals surface area contributed by atoms with Gasteiger partial charge < -0.3 is 15.2 Å². The normalized spacial score (nSPS) is 14.1. The highest BCUT2D eigenvalue weighted by Gasteiger charge is 2.28. The summed E-state index contributed by atoms with van der Waals surface area (Å²) in [6, 6.07) is 4.43. The summed E-state index contributed by atoms with van der Waals surface area (Å²) in [5.74, 6) is -1.31. The van der Waals surface area contributed by atoms with E-state index in [2.05, 4.69) is 5.32 Å². The topological polar surface area (TPSA) is 58.6 Å². The lowest BCUT2D eigenvalue weighted by Crippen LogP contribution is -2.39. The molecule has 1 unspecified atom stereocenters. The van der Waals surface area contributed by atoms with Crippen molar-refractivity contribution >= 4 is 5.97 Å². The lowest BCUT2D eigenvalue weighted by molar-refractivity contribution is -0.138. The van der Waals surface area contributed by atoms with Gasteiger partial charge in [-0.15, -0.1) is 0 Å². The minimum atomic E-state index is -0.946. The molecule has 0 aromatic heterocycles. The lowest BCUT2D eigenvalue weighted by Gasteiger charge is -2.28. The van der Waals surface area contributed by atoms with Gasteiger partial charge >= 0.3 is 5.97 Å². The third-order valence-corrected chi connectivity index (χ3v) is 2.85. The second-order valence-electron chi connectivity index (χ2n) is 4.00. The van der Waals surface area contributed by atoms with Crippen LogP contribution in [0, 0.1) is 5.82 Å². The molecule has 0 saturated heterocycles. The van der Waals surface area contributed by atoms with E-state index in [1.165, 1.54) is 19.2 Å². The van der Waals surface area contributed by atoms with Gasteiger partial charge in [0.05, 0.1) is 19.1 Å². The van der Waals surface area contributed by atoms with Crippen LogP contribution in [0.5, 0.6) is 5.75 Å². The van der Waals surface area contributed by atoms with Crippen LogP contribution in [0.15, 0.2) is 18.2 Å². The average Bonchev–Trinajstić information content (AvgIpc) is 2.27. The van der Waals surface area contributed by atoms with Crippen molar-refractivity contribution in [2.24, 2.45) is 0 Å². The van der Waals surface area contributed by atoms with Gasteiger partial charge in [-0.3, -0.25) is 4.79 Å². The van der Waals surface area contributed by atoms with E-state index in [0.717, 1.165) is 0 Å². The van der Waals surface area contributed by atoms with E-state index in [0.29, 0.717) is 5.56 Å². The fourth-order valence-electron chi connectivity index (χ4n) is 1.65. The molecule has 0 aliphatic rings. The van der Waals surface area contributed by atoms with E-state index in [-0.39, 0.29) is 12.2 Å². The minimum Gasteiger partial charge on any atom is -0.494 e. The third-order valence-electron chi connectivity index (χ3n) is 2.85. The molecule has 0 aliphatic carbocycles. The van der Waals surface area contributed by atoms with Crippen LogP contribution in [0.1, 0.15) is 18.9 Å². The standard InChI is InChI=1S/C12H16FNO3/c1-12(14-2,7-11(15)16)8-4-5-10(17-3)9(13)6-8/h4-6,14H,7H2,1-3H3,(H,15,16). The number of benzene rings is 1. The fraction of sp³-hybridized carbons (Fsp3) is 0.417. The molecular formula is C12H16FNO3. The van der Waals surface area contributed by atoms with E-state index in [1.54, 1.807) is 20.0 Å². The Morgan fingerprint density at radius 3 is 2.65 bits per heavy atom. The second kappa shape index (κ2) is 5.14. The zero-order chi connectivity index (χ0) is 13.1. The summed E-state index contributed by atoms with van der Waals surface area (Å²) >= 11 is 0. The minimum absolute atomic E-state index is 0.130. The van der Waals surface area contributed by atoms with Gasteiger partial charge in [0.2, 0.25) is 0 Å². The number of rotatable bonds is 5. The maximum Gasteiger partial charge on any atom is 0.305 e. The number of nitrogens with one attached hydrogen (secondary N) is 1. The van der Waals surface area contributed by atoms with E-state index in [9.17, 15) is 9.18 Å². The van der Waals surface area contributed by atoms with Crippen LogP contribution in [0.3, 0.4) is 0 Å². The first-order chi connectivity index (χ1) is 7.92. The zero-order valence-corrected chi connectivity index (χ0v) is 10.1. The highest BCUT2D eigenvalue weighted by Crippen LogP contribution is 2.28. The summed E-state index contributed by atoms with van der Waals surface area (Å²) < 4.78 is 18.4. The molecule has 94 valence electrons. The zero-order valence-electron chi connectivity index (χ0n) is 10.1. The number of methoxy groups -OCH3 is 1. The molecule has 0 amide bonds. The van der Waals surface area contributed by atoms with Crippen molar-refractivity contribution in [2.45, 2.75) is 18.9 Å². The Kier molecular flexibility index (Phi) is 4.07. The van der Waals surface area contributed by atoms with Crippen molar-refractivity contribution in [3.05, 3.63) is 29.6 Å². The van der Waals surface area contributed by atoms with Crippen LogP contribution in [-0.2, 0) is 10.3 Å². The number of aliphatic carboxylic acids is 1. The number of carboxylic acids is 1.